The third-order valence-corrected chi connectivity index (χ3v) is 8.54. The van der Waals surface area contributed by atoms with E-state index in [1.54, 1.807) is 11.9 Å². The lowest BCUT2D eigenvalue weighted by atomic mass is 9.95. The number of phenols is 1. The van der Waals surface area contributed by atoms with Gasteiger partial charge in [-0.1, -0.05) is 12.0 Å². The molecule has 4 heterocycles. The molecule has 1 N–H and O–H groups in total. The van der Waals surface area contributed by atoms with Gasteiger partial charge >= 0.3 is 6.01 Å². The predicted molar refractivity (Wildman–Crippen MR) is 150 cm³/mol. The first-order valence-corrected chi connectivity index (χ1v) is 13.7. The normalized spacial score (nSPS) is 26.1. The summed E-state index contributed by atoms with van der Waals surface area (Å²) in [5.74, 6) is 0.396. The number of halogens is 4. The largest absolute Gasteiger partial charge is 0.508 e. The van der Waals surface area contributed by atoms with Crippen molar-refractivity contribution < 1.29 is 30.1 Å². The van der Waals surface area contributed by atoms with E-state index in [2.05, 4.69) is 20.9 Å². The summed E-state index contributed by atoms with van der Waals surface area (Å²) in [4.78, 5) is 16.2. The van der Waals surface area contributed by atoms with E-state index in [9.17, 15) is 18.3 Å². The maximum Gasteiger partial charge on any atom is 0.319 e. The summed E-state index contributed by atoms with van der Waals surface area (Å²) in [6.45, 7) is -1.86. The van der Waals surface area contributed by atoms with Gasteiger partial charge in [0.05, 0.1) is 25.3 Å². The van der Waals surface area contributed by atoms with Gasteiger partial charge in [0.25, 0.3) is 0 Å². The molecule has 2 unspecified atom stereocenters. The zero-order valence-corrected chi connectivity index (χ0v) is 22.5. The third kappa shape index (κ3) is 4.19. The van der Waals surface area contributed by atoms with Crippen molar-refractivity contribution in [1.82, 2.24) is 19.9 Å². The van der Waals surface area contributed by atoms with Crippen molar-refractivity contribution in [3.8, 4) is 35.4 Å². The van der Waals surface area contributed by atoms with Crippen molar-refractivity contribution in [2.24, 2.45) is 0 Å². The molecule has 2 saturated heterocycles. The zero-order valence-electron chi connectivity index (χ0n) is 24.5. The van der Waals surface area contributed by atoms with Crippen LogP contribution < -0.4 is 9.64 Å². The molecule has 4 aromatic rings. The third-order valence-electron chi connectivity index (χ3n) is 8.54. The second-order valence-corrected chi connectivity index (χ2v) is 11.2. The highest BCUT2D eigenvalue weighted by molar-refractivity contribution is 6.03. The van der Waals surface area contributed by atoms with Crippen LogP contribution in [0.1, 0.15) is 34.0 Å². The van der Waals surface area contributed by atoms with Crippen molar-refractivity contribution in [2.75, 3.05) is 31.6 Å². The fourth-order valence-electron chi connectivity index (χ4n) is 6.39. The molecular weight excluding hydrogens is 550 g/mol. The van der Waals surface area contributed by atoms with Crippen LogP contribution in [0.2, 0.25) is 0 Å². The van der Waals surface area contributed by atoms with Crippen LogP contribution in [0.3, 0.4) is 0 Å². The van der Waals surface area contributed by atoms with Gasteiger partial charge in [-0.2, -0.15) is 9.97 Å². The van der Waals surface area contributed by atoms with Gasteiger partial charge in [-0.05, 0) is 43.0 Å². The summed E-state index contributed by atoms with van der Waals surface area (Å²) < 4.78 is 83.5. The molecule has 42 heavy (non-hydrogen) atoms. The fourth-order valence-corrected chi connectivity index (χ4v) is 6.39. The first-order chi connectivity index (χ1) is 20.9. The standard InChI is InChI=1S/C31H27F4N5O2/c1-3-19-22(33)6-5-16-9-18(41)10-20(25(16)19)27-26(35)28-21(13-36-27)29(39(2)24-11-23(24)34)38-30(37-28)42-15-31-7-4-8-40(31)14-17(32)12-31/h1,5-6,9-10,13,17,23-24,41H,4,7-8,11-12,14-15H2,2H3/t17?,23-,24-,31?/m0/s1/i15D2. The summed E-state index contributed by atoms with van der Waals surface area (Å²) in [5.41, 5.74) is -2.03. The van der Waals surface area contributed by atoms with Gasteiger partial charge in [-0.25, -0.2) is 17.6 Å². The number of phenolic OH excluding ortho intramolecular Hbond substituents is 1. The molecule has 0 radical (unpaired) electrons. The van der Waals surface area contributed by atoms with Crippen molar-refractivity contribution in [1.29, 1.82) is 0 Å². The molecule has 2 aromatic heterocycles. The topological polar surface area (TPSA) is 74.6 Å². The molecule has 7 rings (SSSR count). The van der Waals surface area contributed by atoms with Gasteiger partial charge in [0.2, 0.25) is 0 Å². The van der Waals surface area contributed by atoms with Gasteiger partial charge in [-0.3, -0.25) is 9.88 Å². The summed E-state index contributed by atoms with van der Waals surface area (Å²) in [5, 5.41) is 11.0. The minimum Gasteiger partial charge on any atom is -0.508 e. The van der Waals surface area contributed by atoms with Crippen molar-refractivity contribution in [3.05, 3.63) is 47.7 Å². The van der Waals surface area contributed by atoms with Crippen LogP contribution in [0.15, 0.2) is 30.5 Å². The van der Waals surface area contributed by atoms with Crippen molar-refractivity contribution in [2.45, 2.75) is 49.6 Å². The molecule has 7 nitrogen and oxygen atoms in total. The first kappa shape index (κ1) is 24.4. The molecule has 216 valence electrons. The number of alkyl halides is 2. The highest BCUT2D eigenvalue weighted by Crippen LogP contribution is 2.42. The SMILES string of the molecule is [2H]C([2H])(Oc1nc(N(C)[C@H]2C[C@@H]2F)c2cnc(-c3cc(O)cc4ccc(F)c(C#C)c34)c(F)c2n1)C12CCCN1CC(F)C2. The van der Waals surface area contributed by atoms with E-state index >= 15 is 4.39 Å². The van der Waals surface area contributed by atoms with Crippen LogP contribution in [0.4, 0.5) is 23.4 Å². The molecule has 1 aliphatic carbocycles. The van der Waals surface area contributed by atoms with Gasteiger partial charge in [0.1, 0.15) is 47.5 Å². The van der Waals surface area contributed by atoms with E-state index in [-0.39, 0.29) is 64.1 Å². The Morgan fingerprint density at radius 3 is 2.86 bits per heavy atom. The minimum absolute atomic E-state index is 0.00427. The Morgan fingerprint density at radius 2 is 2.10 bits per heavy atom. The number of aromatic nitrogens is 3. The highest BCUT2D eigenvalue weighted by Gasteiger charge is 2.49. The zero-order chi connectivity index (χ0) is 31.1. The van der Waals surface area contributed by atoms with E-state index in [4.69, 9.17) is 13.9 Å². The van der Waals surface area contributed by atoms with Crippen LogP contribution in [0.5, 0.6) is 11.8 Å². The molecule has 0 bridgehead atoms. The molecule has 3 aliphatic rings. The fraction of sp³-hybridized carbons (Fsp3) is 0.387. The minimum atomic E-state index is -2.46. The molecule has 0 spiro atoms. The van der Waals surface area contributed by atoms with Crippen LogP contribution in [-0.4, -0.2) is 75.6 Å². The highest BCUT2D eigenvalue weighted by atomic mass is 19.1. The van der Waals surface area contributed by atoms with Crippen molar-refractivity contribution in [3.63, 3.8) is 0 Å². The smallest absolute Gasteiger partial charge is 0.319 e. The monoisotopic (exact) mass is 579 g/mol. The van der Waals surface area contributed by atoms with E-state index in [0.29, 0.717) is 24.8 Å². The van der Waals surface area contributed by atoms with Gasteiger partial charge < -0.3 is 14.7 Å². The molecule has 11 heteroatoms. The number of benzene rings is 2. The molecule has 2 aliphatic heterocycles. The summed E-state index contributed by atoms with van der Waals surface area (Å²) in [6, 6.07) is 4.05. The van der Waals surface area contributed by atoms with E-state index in [1.807, 2.05) is 0 Å². The molecule has 3 fully saturated rings. The second-order valence-electron chi connectivity index (χ2n) is 11.2. The maximum absolute atomic E-state index is 16.6. The van der Waals surface area contributed by atoms with Gasteiger partial charge in [0, 0.05) is 43.6 Å². The number of aromatic hydroxyl groups is 1. The second kappa shape index (κ2) is 9.70. The number of ether oxygens (including phenoxy) is 1. The van der Waals surface area contributed by atoms with Crippen LogP contribution in [0, 0.1) is 24.0 Å². The Hall–Kier alpha value is -4.17. The molecule has 1 saturated carbocycles. The Bertz CT molecular complexity index is 1890. The number of fused-ring (bicyclic) bond motifs is 3. The van der Waals surface area contributed by atoms with E-state index < -0.39 is 48.1 Å². The van der Waals surface area contributed by atoms with Crippen LogP contribution in [-0.2, 0) is 0 Å². The van der Waals surface area contributed by atoms with Crippen molar-refractivity contribution >= 4 is 27.5 Å². The lowest BCUT2D eigenvalue weighted by Crippen LogP contribution is -2.43. The number of hydrogen-bond donors (Lipinski definition) is 1. The Kier molecular flexibility index (Phi) is 5.64. The number of pyridine rings is 1. The summed E-state index contributed by atoms with van der Waals surface area (Å²) >= 11 is 0. The van der Waals surface area contributed by atoms with Crippen LogP contribution in [0.25, 0.3) is 32.9 Å². The molecule has 0 amide bonds. The number of hydrogen-bond acceptors (Lipinski definition) is 7. The molecule has 2 aromatic carbocycles. The van der Waals surface area contributed by atoms with Gasteiger partial charge in [0.15, 0.2) is 5.82 Å². The lowest BCUT2D eigenvalue weighted by Gasteiger charge is -2.31. The van der Waals surface area contributed by atoms with Crippen LogP contribution >= 0.6 is 0 Å². The molecular formula is C31H27F4N5O2. The Morgan fingerprint density at radius 1 is 1.29 bits per heavy atom. The quantitative estimate of drug-likeness (QED) is 0.245. The van der Waals surface area contributed by atoms with E-state index in [0.717, 1.165) is 6.07 Å². The summed E-state index contributed by atoms with van der Waals surface area (Å²) in [7, 11) is 1.57. The number of rotatable bonds is 6. The maximum atomic E-state index is 16.6. The average molecular weight is 580 g/mol. The number of anilines is 1. The molecule has 4 atom stereocenters. The first-order valence-electron chi connectivity index (χ1n) is 14.7. The van der Waals surface area contributed by atoms with E-state index in [1.165, 1.54) is 29.3 Å². The van der Waals surface area contributed by atoms with Gasteiger partial charge in [-0.15, -0.1) is 6.42 Å². The number of nitrogens with zero attached hydrogens (tertiary/aromatic N) is 5. The summed E-state index contributed by atoms with van der Waals surface area (Å²) in [6.07, 6.45) is 5.67. The lowest BCUT2D eigenvalue weighted by molar-refractivity contribution is 0.107. The average Bonchev–Trinajstić information content (AvgIpc) is 3.41. The predicted octanol–water partition coefficient (Wildman–Crippen LogP) is 5.31. The Balaban J connectivity index is 1.42. The number of terminal acetylenes is 1. The Labute approximate surface area is 242 Å².